The van der Waals surface area contributed by atoms with Gasteiger partial charge in [0.25, 0.3) is 5.91 Å². The van der Waals surface area contributed by atoms with Gasteiger partial charge in [-0.1, -0.05) is 41.4 Å². The molecular formula is C14H9Cl2NO2. The van der Waals surface area contributed by atoms with Crippen molar-refractivity contribution in [1.82, 2.24) is 0 Å². The summed E-state index contributed by atoms with van der Waals surface area (Å²) in [5.74, 6) is -0.426. The van der Waals surface area contributed by atoms with Gasteiger partial charge in [0.05, 0.1) is 16.4 Å². The predicted octanol–water partition coefficient (Wildman–Crippen LogP) is 3.71. The summed E-state index contributed by atoms with van der Waals surface area (Å²) in [6.07, 6.45) is -1.18. The van der Waals surface area contributed by atoms with Crippen LogP contribution in [0.4, 0.5) is 11.4 Å². The molecule has 0 aliphatic carbocycles. The van der Waals surface area contributed by atoms with Crippen LogP contribution in [0.2, 0.25) is 10.0 Å². The van der Waals surface area contributed by atoms with Crippen molar-refractivity contribution >= 4 is 40.5 Å². The van der Waals surface area contributed by atoms with E-state index in [-0.39, 0.29) is 0 Å². The van der Waals surface area contributed by atoms with Gasteiger partial charge in [-0.25, -0.2) is 0 Å². The number of aliphatic hydroxyl groups excluding tert-OH is 1. The molecule has 1 aliphatic rings. The minimum atomic E-state index is -1.18. The summed E-state index contributed by atoms with van der Waals surface area (Å²) in [5, 5.41) is 10.9. The lowest BCUT2D eigenvalue weighted by Crippen LogP contribution is -2.23. The molecule has 3 rings (SSSR count). The quantitative estimate of drug-likeness (QED) is 0.871. The number of carbonyl (C=O) groups is 1. The Bertz CT molecular complexity index is 672. The Kier molecular flexibility index (Phi) is 2.97. The highest BCUT2D eigenvalue weighted by molar-refractivity contribution is 6.34. The fourth-order valence-electron chi connectivity index (χ4n) is 2.20. The van der Waals surface area contributed by atoms with Crippen LogP contribution in [0.1, 0.15) is 11.7 Å². The van der Waals surface area contributed by atoms with Gasteiger partial charge in [0.1, 0.15) is 0 Å². The zero-order valence-corrected chi connectivity index (χ0v) is 11.2. The van der Waals surface area contributed by atoms with Crippen LogP contribution >= 0.6 is 23.2 Å². The van der Waals surface area contributed by atoms with Crippen LogP contribution in [0.15, 0.2) is 42.5 Å². The Hall–Kier alpha value is -1.55. The fourth-order valence-corrected chi connectivity index (χ4v) is 2.58. The first-order valence-electron chi connectivity index (χ1n) is 5.65. The number of amides is 1. The minimum Gasteiger partial charge on any atom is -0.378 e. The van der Waals surface area contributed by atoms with Crippen LogP contribution in [-0.4, -0.2) is 11.0 Å². The third kappa shape index (κ3) is 1.91. The molecule has 0 saturated heterocycles. The van der Waals surface area contributed by atoms with Crippen LogP contribution in [0.5, 0.6) is 0 Å². The van der Waals surface area contributed by atoms with E-state index in [2.05, 4.69) is 0 Å². The summed E-state index contributed by atoms with van der Waals surface area (Å²) in [7, 11) is 0. The van der Waals surface area contributed by atoms with Crippen molar-refractivity contribution in [1.29, 1.82) is 0 Å². The number of fused-ring (bicyclic) bond motifs is 1. The largest absolute Gasteiger partial charge is 0.378 e. The molecule has 1 atom stereocenters. The second-order valence-corrected chi connectivity index (χ2v) is 5.07. The van der Waals surface area contributed by atoms with E-state index >= 15 is 0 Å². The second kappa shape index (κ2) is 4.53. The highest BCUT2D eigenvalue weighted by Crippen LogP contribution is 2.43. The number of hydrogen-bond donors (Lipinski definition) is 1. The molecule has 0 aromatic heterocycles. The van der Waals surface area contributed by atoms with Crippen molar-refractivity contribution in [3.63, 3.8) is 0 Å². The Morgan fingerprint density at radius 2 is 1.79 bits per heavy atom. The van der Waals surface area contributed by atoms with Crippen molar-refractivity contribution in [3.8, 4) is 0 Å². The molecule has 2 aromatic carbocycles. The summed E-state index contributed by atoms with van der Waals surface area (Å²) < 4.78 is 0. The summed E-state index contributed by atoms with van der Waals surface area (Å²) in [5.41, 5.74) is 1.64. The molecule has 0 fully saturated rings. The van der Waals surface area contributed by atoms with Gasteiger partial charge in [0.15, 0.2) is 6.10 Å². The third-order valence-electron chi connectivity index (χ3n) is 3.08. The summed E-state index contributed by atoms with van der Waals surface area (Å²) in [6, 6.07) is 11.9. The van der Waals surface area contributed by atoms with E-state index in [1.54, 1.807) is 42.5 Å². The van der Waals surface area contributed by atoms with Crippen LogP contribution in [0.3, 0.4) is 0 Å². The van der Waals surface area contributed by atoms with Crippen LogP contribution in [0.25, 0.3) is 0 Å². The van der Waals surface area contributed by atoms with Crippen LogP contribution in [0, 0.1) is 0 Å². The van der Waals surface area contributed by atoms with Gasteiger partial charge in [-0.15, -0.1) is 0 Å². The van der Waals surface area contributed by atoms with Crippen molar-refractivity contribution in [3.05, 3.63) is 58.1 Å². The molecule has 0 bridgehead atoms. The highest BCUT2D eigenvalue weighted by atomic mass is 35.5. The van der Waals surface area contributed by atoms with E-state index in [9.17, 15) is 9.90 Å². The molecule has 1 N–H and O–H groups in total. The number of benzene rings is 2. The van der Waals surface area contributed by atoms with Crippen molar-refractivity contribution in [2.24, 2.45) is 0 Å². The normalized spacial score (nSPS) is 17.7. The smallest absolute Gasteiger partial charge is 0.265 e. The molecule has 0 saturated carbocycles. The molecule has 19 heavy (non-hydrogen) atoms. The van der Waals surface area contributed by atoms with E-state index in [0.29, 0.717) is 27.0 Å². The summed E-state index contributed by atoms with van der Waals surface area (Å²) in [4.78, 5) is 13.6. The Morgan fingerprint density at radius 3 is 2.53 bits per heavy atom. The fraction of sp³-hybridized carbons (Fsp3) is 0.0714. The monoisotopic (exact) mass is 293 g/mol. The number of halogens is 2. The topological polar surface area (TPSA) is 40.5 Å². The molecule has 3 nitrogen and oxygen atoms in total. The summed E-state index contributed by atoms with van der Waals surface area (Å²) in [6.45, 7) is 0. The number of carbonyl (C=O) groups excluding carboxylic acids is 1. The molecule has 0 radical (unpaired) electrons. The SMILES string of the molecule is O=C1C(O)c2ccc(Cl)cc2N1c1ccccc1Cl. The first kappa shape index (κ1) is 12.5. The minimum absolute atomic E-state index is 0.426. The van der Waals surface area contributed by atoms with Gasteiger partial charge in [-0.3, -0.25) is 9.69 Å². The molecular weight excluding hydrogens is 285 g/mol. The molecule has 0 spiro atoms. The number of anilines is 2. The number of hydrogen-bond acceptors (Lipinski definition) is 2. The van der Waals surface area contributed by atoms with Gasteiger partial charge in [-0.05, 0) is 24.3 Å². The number of aliphatic hydroxyl groups is 1. The van der Waals surface area contributed by atoms with E-state index in [1.165, 1.54) is 4.90 Å². The molecule has 1 unspecified atom stereocenters. The second-order valence-electron chi connectivity index (χ2n) is 4.23. The molecule has 1 aliphatic heterocycles. The van der Waals surface area contributed by atoms with Crippen molar-refractivity contribution < 1.29 is 9.90 Å². The van der Waals surface area contributed by atoms with Crippen LogP contribution < -0.4 is 4.90 Å². The van der Waals surface area contributed by atoms with Crippen molar-refractivity contribution in [2.75, 3.05) is 4.90 Å². The summed E-state index contributed by atoms with van der Waals surface area (Å²) >= 11 is 12.1. The average Bonchev–Trinajstić information content (AvgIpc) is 2.63. The molecule has 2 aromatic rings. The molecule has 96 valence electrons. The lowest BCUT2D eigenvalue weighted by molar-refractivity contribution is -0.125. The maximum absolute atomic E-state index is 12.2. The van der Waals surface area contributed by atoms with E-state index in [0.717, 1.165) is 0 Å². The van der Waals surface area contributed by atoms with E-state index in [1.807, 2.05) is 0 Å². The lowest BCUT2D eigenvalue weighted by Gasteiger charge is -2.18. The Labute approximate surface area is 120 Å². The zero-order valence-electron chi connectivity index (χ0n) is 9.68. The Balaban J connectivity index is 2.21. The maximum atomic E-state index is 12.2. The van der Waals surface area contributed by atoms with Gasteiger partial charge >= 0.3 is 0 Å². The number of para-hydroxylation sites is 1. The molecule has 1 amide bonds. The van der Waals surface area contributed by atoms with Gasteiger partial charge in [0, 0.05) is 10.6 Å². The van der Waals surface area contributed by atoms with Crippen LogP contribution in [-0.2, 0) is 4.79 Å². The third-order valence-corrected chi connectivity index (χ3v) is 3.63. The first-order valence-corrected chi connectivity index (χ1v) is 6.41. The van der Waals surface area contributed by atoms with Crippen molar-refractivity contribution in [2.45, 2.75) is 6.10 Å². The standard InChI is InChI=1S/C14H9Cl2NO2/c15-8-5-6-9-12(7-8)17(14(19)13(9)18)11-4-2-1-3-10(11)16/h1-7,13,18H. The Morgan fingerprint density at radius 1 is 1.05 bits per heavy atom. The highest BCUT2D eigenvalue weighted by Gasteiger charge is 2.37. The molecule has 5 heteroatoms. The first-order chi connectivity index (χ1) is 9.09. The maximum Gasteiger partial charge on any atom is 0.265 e. The average molecular weight is 294 g/mol. The number of nitrogens with zero attached hydrogens (tertiary/aromatic N) is 1. The zero-order chi connectivity index (χ0) is 13.6. The number of rotatable bonds is 1. The lowest BCUT2D eigenvalue weighted by atomic mass is 10.1. The van der Waals surface area contributed by atoms with Gasteiger partial charge in [-0.2, -0.15) is 0 Å². The predicted molar refractivity (Wildman–Crippen MR) is 75.0 cm³/mol. The molecule has 1 heterocycles. The van der Waals surface area contributed by atoms with Gasteiger partial charge < -0.3 is 5.11 Å². The van der Waals surface area contributed by atoms with Gasteiger partial charge in [0.2, 0.25) is 0 Å². The van der Waals surface area contributed by atoms with E-state index in [4.69, 9.17) is 23.2 Å². The van der Waals surface area contributed by atoms with E-state index < -0.39 is 12.0 Å².